The molecule has 9 heteroatoms. The fourth-order valence-corrected chi connectivity index (χ4v) is 3.70. The summed E-state index contributed by atoms with van der Waals surface area (Å²) < 4.78 is 2.89. The molecular formula is C24H34N8O. The number of anilines is 1. The van der Waals surface area contributed by atoms with Crippen LogP contribution in [0, 0.1) is 20.8 Å². The van der Waals surface area contributed by atoms with Gasteiger partial charge in [-0.2, -0.15) is 14.8 Å². The molecule has 3 rings (SSSR count). The van der Waals surface area contributed by atoms with Crippen LogP contribution in [0.15, 0.2) is 22.4 Å². The van der Waals surface area contributed by atoms with Crippen molar-refractivity contribution < 1.29 is 4.79 Å². The van der Waals surface area contributed by atoms with E-state index < -0.39 is 0 Å². The van der Waals surface area contributed by atoms with Crippen LogP contribution < -0.4 is 5.73 Å². The Morgan fingerprint density at radius 2 is 1.52 bits per heavy atom. The van der Waals surface area contributed by atoms with E-state index in [-0.39, 0.29) is 22.7 Å². The van der Waals surface area contributed by atoms with Gasteiger partial charge in [0.25, 0.3) is 5.95 Å². The second kappa shape index (κ2) is 8.20. The van der Waals surface area contributed by atoms with E-state index in [1.54, 1.807) is 4.68 Å². The minimum absolute atomic E-state index is 0.113. The highest BCUT2D eigenvalue weighted by molar-refractivity contribution is 5.77. The molecule has 9 nitrogen and oxygen atoms in total. The number of hydrogen-bond donors (Lipinski definition) is 1. The van der Waals surface area contributed by atoms with Crippen LogP contribution in [0.1, 0.15) is 81.5 Å². The monoisotopic (exact) mass is 450 g/mol. The number of nitrogen functional groups attached to an aromatic ring is 1. The third-order valence-corrected chi connectivity index (χ3v) is 5.25. The van der Waals surface area contributed by atoms with Crippen LogP contribution in [-0.2, 0) is 10.8 Å². The lowest BCUT2D eigenvalue weighted by Gasteiger charge is -2.15. The SMILES string of the molecule is CC(=O)n1nc(C(C)(C)C)nc1/N=N/c1c(C(C)(C)C)nn(-c2c(C)cc(C)cc2C)c1N. The molecule has 1 aromatic carbocycles. The third kappa shape index (κ3) is 4.72. The summed E-state index contributed by atoms with van der Waals surface area (Å²) in [6.07, 6.45) is 0. The Hall–Kier alpha value is -3.36. The van der Waals surface area contributed by atoms with Gasteiger partial charge in [-0.1, -0.05) is 59.2 Å². The van der Waals surface area contributed by atoms with E-state index in [0.29, 0.717) is 23.0 Å². The minimum Gasteiger partial charge on any atom is -0.382 e. The highest BCUT2D eigenvalue weighted by atomic mass is 16.2. The van der Waals surface area contributed by atoms with Gasteiger partial charge in [-0.15, -0.1) is 15.3 Å². The quantitative estimate of drug-likeness (QED) is 0.518. The number of rotatable bonds is 3. The average Bonchev–Trinajstić information content (AvgIpc) is 3.21. The molecule has 0 aliphatic carbocycles. The van der Waals surface area contributed by atoms with Crippen molar-refractivity contribution in [1.82, 2.24) is 24.5 Å². The van der Waals surface area contributed by atoms with Crippen LogP contribution in [-0.4, -0.2) is 30.5 Å². The van der Waals surface area contributed by atoms with Crippen molar-refractivity contribution in [2.24, 2.45) is 10.2 Å². The van der Waals surface area contributed by atoms with Crippen LogP contribution in [0.5, 0.6) is 0 Å². The van der Waals surface area contributed by atoms with E-state index in [1.807, 2.05) is 55.4 Å². The molecule has 0 unspecified atom stereocenters. The van der Waals surface area contributed by atoms with Crippen LogP contribution >= 0.6 is 0 Å². The fourth-order valence-electron chi connectivity index (χ4n) is 3.70. The zero-order valence-corrected chi connectivity index (χ0v) is 21.3. The summed E-state index contributed by atoms with van der Waals surface area (Å²) in [5.74, 6) is 0.709. The number of carbonyl (C=O) groups is 1. The van der Waals surface area contributed by atoms with Gasteiger partial charge in [0.2, 0.25) is 5.91 Å². The Bertz CT molecular complexity index is 1230. The number of azo groups is 1. The van der Waals surface area contributed by atoms with Gasteiger partial charge in [0.05, 0.1) is 11.4 Å². The lowest BCUT2D eigenvalue weighted by molar-refractivity contribution is 0.0922. The second-order valence-electron chi connectivity index (χ2n) is 10.6. The van der Waals surface area contributed by atoms with E-state index >= 15 is 0 Å². The Morgan fingerprint density at radius 3 is 2.00 bits per heavy atom. The minimum atomic E-state index is -0.342. The Kier molecular flexibility index (Phi) is 6.04. The molecular weight excluding hydrogens is 416 g/mol. The molecule has 2 heterocycles. The maximum absolute atomic E-state index is 12.1. The van der Waals surface area contributed by atoms with Crippen molar-refractivity contribution in [1.29, 1.82) is 0 Å². The molecule has 0 amide bonds. The van der Waals surface area contributed by atoms with Gasteiger partial charge in [0, 0.05) is 17.8 Å². The zero-order valence-electron chi connectivity index (χ0n) is 21.3. The summed E-state index contributed by atoms with van der Waals surface area (Å²) in [5, 5.41) is 17.9. The van der Waals surface area contributed by atoms with Crippen molar-refractivity contribution in [3.05, 3.63) is 40.3 Å². The highest BCUT2D eigenvalue weighted by Gasteiger charge is 2.28. The van der Waals surface area contributed by atoms with Gasteiger partial charge in [-0.25, -0.2) is 4.68 Å². The van der Waals surface area contributed by atoms with Crippen molar-refractivity contribution in [2.45, 2.75) is 80.1 Å². The van der Waals surface area contributed by atoms with E-state index in [0.717, 1.165) is 21.5 Å². The number of nitrogens with two attached hydrogens (primary N) is 1. The zero-order chi connectivity index (χ0) is 24.9. The molecule has 2 N–H and O–H groups in total. The molecule has 0 aliphatic rings. The fraction of sp³-hybridized carbons (Fsp3) is 0.500. The van der Waals surface area contributed by atoms with Crippen LogP contribution in [0.3, 0.4) is 0 Å². The van der Waals surface area contributed by atoms with Gasteiger partial charge in [-0.3, -0.25) is 4.79 Å². The van der Waals surface area contributed by atoms with Crippen molar-refractivity contribution in [3.63, 3.8) is 0 Å². The summed E-state index contributed by atoms with van der Waals surface area (Å²) >= 11 is 0. The lowest BCUT2D eigenvalue weighted by atomic mass is 9.91. The number of aryl methyl sites for hydroxylation is 3. The van der Waals surface area contributed by atoms with Gasteiger partial charge in [0.15, 0.2) is 17.3 Å². The molecule has 0 saturated heterocycles. The van der Waals surface area contributed by atoms with Crippen LogP contribution in [0.25, 0.3) is 5.69 Å². The Labute approximate surface area is 195 Å². The maximum Gasteiger partial charge on any atom is 0.275 e. The molecule has 0 atom stereocenters. The number of hydrogen-bond acceptors (Lipinski definition) is 7. The van der Waals surface area contributed by atoms with Gasteiger partial charge in [-0.05, 0) is 31.9 Å². The van der Waals surface area contributed by atoms with Crippen molar-refractivity contribution >= 4 is 23.4 Å². The normalized spacial score (nSPS) is 12.7. The molecule has 0 saturated carbocycles. The van der Waals surface area contributed by atoms with Gasteiger partial charge >= 0.3 is 0 Å². The molecule has 33 heavy (non-hydrogen) atoms. The first-order valence-corrected chi connectivity index (χ1v) is 11.0. The van der Waals surface area contributed by atoms with E-state index in [2.05, 4.69) is 39.4 Å². The van der Waals surface area contributed by atoms with Crippen molar-refractivity contribution in [2.75, 3.05) is 5.73 Å². The van der Waals surface area contributed by atoms with E-state index in [1.165, 1.54) is 12.5 Å². The topological polar surface area (TPSA) is 116 Å². The summed E-state index contributed by atoms with van der Waals surface area (Å²) in [6, 6.07) is 4.20. The number of benzene rings is 1. The maximum atomic E-state index is 12.1. The standard InChI is InChI=1S/C24H34N8O/c1-13-11-14(2)18(15(3)12-13)32-20(25)17(19(29-32)23(5,6)7)27-28-22-26-21(24(8,9)10)30-31(22)16(4)33/h11-12H,25H2,1-10H3/b28-27+. The predicted octanol–water partition coefficient (Wildman–Crippen LogP) is 5.64. The highest BCUT2D eigenvalue weighted by Crippen LogP contribution is 2.39. The molecule has 3 aromatic rings. The smallest absolute Gasteiger partial charge is 0.275 e. The van der Waals surface area contributed by atoms with E-state index in [4.69, 9.17) is 10.8 Å². The van der Waals surface area contributed by atoms with Gasteiger partial charge in [0.1, 0.15) is 0 Å². The summed E-state index contributed by atoms with van der Waals surface area (Å²) in [4.78, 5) is 16.6. The second-order valence-corrected chi connectivity index (χ2v) is 10.6. The molecule has 0 fully saturated rings. The predicted molar refractivity (Wildman–Crippen MR) is 130 cm³/mol. The van der Waals surface area contributed by atoms with E-state index in [9.17, 15) is 4.79 Å². The van der Waals surface area contributed by atoms with Gasteiger partial charge < -0.3 is 5.73 Å². The third-order valence-electron chi connectivity index (χ3n) is 5.25. The molecule has 176 valence electrons. The number of aromatic nitrogens is 5. The molecule has 0 aliphatic heterocycles. The first-order valence-electron chi connectivity index (χ1n) is 11.0. The largest absolute Gasteiger partial charge is 0.382 e. The van der Waals surface area contributed by atoms with Crippen LogP contribution in [0.2, 0.25) is 0 Å². The molecule has 2 aromatic heterocycles. The molecule has 0 bridgehead atoms. The first-order chi connectivity index (χ1) is 15.1. The number of carbonyl (C=O) groups excluding carboxylic acids is 1. The van der Waals surface area contributed by atoms with Crippen molar-refractivity contribution in [3.8, 4) is 5.69 Å². The summed E-state index contributed by atoms with van der Waals surface area (Å²) in [5.41, 5.74) is 11.3. The summed E-state index contributed by atoms with van der Waals surface area (Å²) in [6.45, 7) is 19.6. The lowest BCUT2D eigenvalue weighted by Crippen LogP contribution is -2.15. The average molecular weight is 451 g/mol. The molecule has 0 radical (unpaired) electrons. The first kappa shape index (κ1) is 24.3. The molecule has 0 spiro atoms. The Morgan fingerprint density at radius 1 is 0.939 bits per heavy atom. The number of nitrogens with zero attached hydrogens (tertiary/aromatic N) is 7. The Balaban J connectivity index is 2.20. The van der Waals surface area contributed by atoms with Crippen LogP contribution in [0.4, 0.5) is 17.5 Å². The summed E-state index contributed by atoms with van der Waals surface area (Å²) in [7, 11) is 0.